The van der Waals surface area contributed by atoms with Crippen LogP contribution in [0.1, 0.15) is 27.4 Å². The van der Waals surface area contributed by atoms with Gasteiger partial charge in [0.05, 0.1) is 13.2 Å². The predicted molar refractivity (Wildman–Crippen MR) is 76.8 cm³/mol. The third-order valence-electron chi connectivity index (χ3n) is 3.24. The molecule has 1 unspecified atom stereocenters. The zero-order valence-electron chi connectivity index (χ0n) is 11.8. The topological polar surface area (TPSA) is 50.1 Å². The zero-order chi connectivity index (χ0) is 15.4. The molecule has 0 saturated heterocycles. The second-order valence-corrected chi connectivity index (χ2v) is 4.69. The Hall–Kier alpha value is -2.67. The molecule has 0 radical (unpaired) electrons. The molecule has 0 heterocycles. The normalized spacial score (nSPS) is 11.5. The molecule has 0 fully saturated rings. The molecule has 4 heteroatoms. The van der Waals surface area contributed by atoms with Gasteiger partial charge < -0.3 is 4.74 Å². The summed E-state index contributed by atoms with van der Waals surface area (Å²) >= 11 is 0. The maximum absolute atomic E-state index is 13.7. The summed E-state index contributed by atoms with van der Waals surface area (Å²) in [5.41, 5.74) is 1.79. The van der Waals surface area contributed by atoms with Crippen LogP contribution in [0.15, 0.2) is 42.5 Å². The first-order valence-corrected chi connectivity index (χ1v) is 6.40. The van der Waals surface area contributed by atoms with E-state index in [9.17, 15) is 14.4 Å². The molecule has 21 heavy (non-hydrogen) atoms. The number of carbonyl (C=O) groups excluding carboxylic acids is 1. The van der Waals surface area contributed by atoms with E-state index in [4.69, 9.17) is 4.74 Å². The van der Waals surface area contributed by atoms with Crippen molar-refractivity contribution in [3.8, 4) is 11.8 Å². The quantitative estimate of drug-likeness (QED) is 0.805. The minimum atomic E-state index is -0.946. The summed E-state index contributed by atoms with van der Waals surface area (Å²) in [4.78, 5) is 12.4. The van der Waals surface area contributed by atoms with Crippen LogP contribution in [0, 0.1) is 24.1 Å². The molecule has 2 aromatic rings. The van der Waals surface area contributed by atoms with Crippen molar-refractivity contribution in [3.05, 3.63) is 65.0 Å². The van der Waals surface area contributed by atoms with Gasteiger partial charge in [-0.25, -0.2) is 4.39 Å². The Bertz CT molecular complexity index is 702. The van der Waals surface area contributed by atoms with Crippen LogP contribution in [0.2, 0.25) is 0 Å². The van der Waals surface area contributed by atoms with Crippen molar-refractivity contribution in [2.24, 2.45) is 0 Å². The van der Waals surface area contributed by atoms with E-state index in [0.717, 1.165) is 11.6 Å². The van der Waals surface area contributed by atoms with E-state index in [1.54, 1.807) is 12.1 Å². The average molecular weight is 283 g/mol. The van der Waals surface area contributed by atoms with Crippen LogP contribution in [-0.4, -0.2) is 12.9 Å². The van der Waals surface area contributed by atoms with Crippen molar-refractivity contribution >= 4 is 5.78 Å². The summed E-state index contributed by atoms with van der Waals surface area (Å²) in [7, 11) is 1.35. The number of ether oxygens (including phenoxy) is 1. The molecule has 0 amide bonds. The van der Waals surface area contributed by atoms with Crippen LogP contribution >= 0.6 is 0 Å². The SMILES string of the molecule is COc1ccc(C(=O)C(C#N)c2ccc(C)cc2)cc1F. The number of halogens is 1. The lowest BCUT2D eigenvalue weighted by molar-refractivity contribution is 0.0978. The third-order valence-corrected chi connectivity index (χ3v) is 3.24. The van der Waals surface area contributed by atoms with E-state index >= 15 is 0 Å². The van der Waals surface area contributed by atoms with Crippen LogP contribution in [0.3, 0.4) is 0 Å². The van der Waals surface area contributed by atoms with Gasteiger partial charge in [-0.05, 0) is 30.7 Å². The smallest absolute Gasteiger partial charge is 0.184 e. The van der Waals surface area contributed by atoms with Gasteiger partial charge in [-0.2, -0.15) is 5.26 Å². The Morgan fingerprint density at radius 1 is 1.24 bits per heavy atom. The molecular weight excluding hydrogens is 269 g/mol. The molecule has 0 aliphatic carbocycles. The highest BCUT2D eigenvalue weighted by Gasteiger charge is 2.22. The summed E-state index contributed by atoms with van der Waals surface area (Å²) in [5, 5.41) is 9.26. The monoisotopic (exact) mass is 283 g/mol. The highest BCUT2D eigenvalue weighted by molar-refractivity contribution is 6.02. The fourth-order valence-corrected chi connectivity index (χ4v) is 2.03. The maximum atomic E-state index is 13.7. The molecule has 0 N–H and O–H groups in total. The fraction of sp³-hybridized carbons (Fsp3) is 0.176. The first kappa shape index (κ1) is 14.7. The first-order valence-electron chi connectivity index (χ1n) is 6.40. The number of benzene rings is 2. The van der Waals surface area contributed by atoms with Gasteiger partial charge in [0.1, 0.15) is 5.92 Å². The summed E-state index contributed by atoms with van der Waals surface area (Å²) in [6, 6.07) is 13.1. The van der Waals surface area contributed by atoms with E-state index in [1.807, 2.05) is 25.1 Å². The molecule has 1 atom stereocenters. The Morgan fingerprint density at radius 2 is 1.90 bits per heavy atom. The van der Waals surface area contributed by atoms with Crippen molar-refractivity contribution < 1.29 is 13.9 Å². The molecule has 0 aromatic heterocycles. The highest BCUT2D eigenvalue weighted by atomic mass is 19.1. The lowest BCUT2D eigenvalue weighted by Gasteiger charge is -2.10. The van der Waals surface area contributed by atoms with Gasteiger partial charge in [0, 0.05) is 5.56 Å². The van der Waals surface area contributed by atoms with Crippen LogP contribution in [0.25, 0.3) is 0 Å². The number of ketones is 1. The minimum Gasteiger partial charge on any atom is -0.494 e. The van der Waals surface area contributed by atoms with Gasteiger partial charge in [0.25, 0.3) is 0 Å². The van der Waals surface area contributed by atoms with Crippen molar-refractivity contribution in [2.45, 2.75) is 12.8 Å². The van der Waals surface area contributed by atoms with Crippen LogP contribution in [0.4, 0.5) is 4.39 Å². The third kappa shape index (κ3) is 3.09. The highest BCUT2D eigenvalue weighted by Crippen LogP contribution is 2.24. The number of Topliss-reactive ketones (excluding diaryl/α,β-unsaturated/α-hetero) is 1. The first-order chi connectivity index (χ1) is 10.1. The van der Waals surface area contributed by atoms with Crippen molar-refractivity contribution in [1.29, 1.82) is 5.26 Å². The van der Waals surface area contributed by atoms with E-state index < -0.39 is 17.5 Å². The molecule has 0 spiro atoms. The predicted octanol–water partition coefficient (Wildman–Crippen LogP) is 3.63. The van der Waals surface area contributed by atoms with Crippen molar-refractivity contribution in [1.82, 2.24) is 0 Å². The van der Waals surface area contributed by atoms with E-state index in [1.165, 1.54) is 19.2 Å². The number of methoxy groups -OCH3 is 1. The van der Waals surface area contributed by atoms with E-state index in [2.05, 4.69) is 0 Å². The average Bonchev–Trinajstić information content (AvgIpc) is 2.49. The van der Waals surface area contributed by atoms with Crippen molar-refractivity contribution in [2.75, 3.05) is 7.11 Å². The van der Waals surface area contributed by atoms with Gasteiger partial charge in [-0.1, -0.05) is 29.8 Å². The second kappa shape index (κ2) is 6.19. The number of nitrogens with zero attached hydrogens (tertiary/aromatic N) is 1. The summed E-state index contributed by atoms with van der Waals surface area (Å²) in [5.74, 6) is -1.93. The molecule has 2 aromatic carbocycles. The van der Waals surface area contributed by atoms with E-state index in [-0.39, 0.29) is 11.3 Å². The lowest BCUT2D eigenvalue weighted by atomic mass is 9.91. The second-order valence-electron chi connectivity index (χ2n) is 4.69. The Morgan fingerprint density at radius 3 is 2.43 bits per heavy atom. The van der Waals surface area contributed by atoms with Crippen LogP contribution in [0.5, 0.6) is 5.75 Å². The summed E-state index contributed by atoms with van der Waals surface area (Å²) < 4.78 is 18.5. The molecule has 0 saturated carbocycles. The molecule has 0 bridgehead atoms. The van der Waals surface area contributed by atoms with Gasteiger partial charge in [-0.3, -0.25) is 4.79 Å². The number of aryl methyl sites for hydroxylation is 1. The Kier molecular flexibility index (Phi) is 4.34. The fourth-order valence-electron chi connectivity index (χ4n) is 2.03. The number of hydrogen-bond acceptors (Lipinski definition) is 3. The molecule has 0 aliphatic heterocycles. The molecule has 0 aliphatic rings. The standard InChI is InChI=1S/C17H14FNO2/c1-11-3-5-12(6-4-11)14(10-19)17(20)13-7-8-16(21-2)15(18)9-13/h3-9,14H,1-2H3. The zero-order valence-corrected chi connectivity index (χ0v) is 11.8. The number of nitriles is 1. The number of carbonyl (C=O) groups is 1. The lowest BCUT2D eigenvalue weighted by Crippen LogP contribution is -2.11. The maximum Gasteiger partial charge on any atom is 0.184 e. The molecule has 3 nitrogen and oxygen atoms in total. The Labute approximate surface area is 122 Å². The largest absolute Gasteiger partial charge is 0.494 e. The van der Waals surface area contributed by atoms with Gasteiger partial charge in [0.15, 0.2) is 17.3 Å². The van der Waals surface area contributed by atoms with Crippen molar-refractivity contribution in [3.63, 3.8) is 0 Å². The van der Waals surface area contributed by atoms with Crippen LogP contribution in [-0.2, 0) is 0 Å². The summed E-state index contributed by atoms with van der Waals surface area (Å²) in [6.45, 7) is 1.92. The Balaban J connectivity index is 2.35. The minimum absolute atomic E-state index is 0.0652. The number of rotatable bonds is 4. The molecular formula is C17H14FNO2. The number of hydrogen-bond donors (Lipinski definition) is 0. The molecule has 2 rings (SSSR count). The van der Waals surface area contributed by atoms with Crippen LogP contribution < -0.4 is 4.74 Å². The van der Waals surface area contributed by atoms with Gasteiger partial charge in [0.2, 0.25) is 0 Å². The van der Waals surface area contributed by atoms with E-state index in [0.29, 0.717) is 5.56 Å². The van der Waals surface area contributed by atoms with Gasteiger partial charge in [-0.15, -0.1) is 0 Å². The van der Waals surface area contributed by atoms with Gasteiger partial charge >= 0.3 is 0 Å². The summed E-state index contributed by atoms with van der Waals surface area (Å²) in [6.07, 6.45) is 0. The molecule has 106 valence electrons.